The van der Waals surface area contributed by atoms with E-state index in [2.05, 4.69) is 54.1 Å². The van der Waals surface area contributed by atoms with Crippen LogP contribution in [0, 0.1) is 20.8 Å². The number of aryl methyl sites for hydroxylation is 2. The van der Waals surface area contributed by atoms with Crippen molar-refractivity contribution in [1.82, 2.24) is 14.9 Å². The Morgan fingerprint density at radius 3 is 2.77 bits per heavy atom. The van der Waals surface area contributed by atoms with Gasteiger partial charge in [-0.2, -0.15) is 0 Å². The van der Waals surface area contributed by atoms with Crippen LogP contribution < -0.4 is 5.32 Å². The van der Waals surface area contributed by atoms with Crippen molar-refractivity contribution >= 4 is 29.0 Å². The van der Waals surface area contributed by atoms with Gasteiger partial charge in [0.05, 0.1) is 30.1 Å². The van der Waals surface area contributed by atoms with E-state index < -0.39 is 0 Å². The maximum atomic E-state index is 12.9. The lowest BCUT2D eigenvalue weighted by atomic mass is 10.0. The topological polar surface area (TPSA) is 56.2 Å². The molecule has 4 rings (SSSR count). The number of amides is 1. The highest BCUT2D eigenvalue weighted by molar-refractivity contribution is 7.99. The van der Waals surface area contributed by atoms with Crippen LogP contribution in [-0.2, 0) is 16.1 Å². The van der Waals surface area contributed by atoms with Crippen molar-refractivity contribution in [3.05, 3.63) is 69.2 Å². The van der Waals surface area contributed by atoms with Gasteiger partial charge >= 0.3 is 0 Å². The lowest BCUT2D eigenvalue weighted by Gasteiger charge is -2.19. The predicted octanol–water partition coefficient (Wildman–Crippen LogP) is 5.05. The molecule has 0 saturated carbocycles. The first-order valence-corrected chi connectivity index (χ1v) is 12.5. The van der Waals surface area contributed by atoms with Crippen LogP contribution >= 0.6 is 23.1 Å². The number of imidazole rings is 1. The Kier molecular flexibility index (Phi) is 7.15. The molecule has 1 fully saturated rings. The van der Waals surface area contributed by atoms with Gasteiger partial charge in [0.15, 0.2) is 5.16 Å². The zero-order valence-corrected chi connectivity index (χ0v) is 19.9. The molecule has 164 valence electrons. The van der Waals surface area contributed by atoms with E-state index in [0.29, 0.717) is 5.75 Å². The number of benzene rings is 1. The maximum Gasteiger partial charge on any atom is 0.231 e. The molecule has 7 heteroatoms. The molecule has 1 aliphatic heterocycles. The van der Waals surface area contributed by atoms with Crippen molar-refractivity contribution < 1.29 is 9.53 Å². The number of carbonyl (C=O) groups excluding carboxylic acids is 1. The molecule has 1 amide bonds. The van der Waals surface area contributed by atoms with Gasteiger partial charge in [-0.3, -0.25) is 4.79 Å². The van der Waals surface area contributed by atoms with Crippen LogP contribution in [0.4, 0.5) is 0 Å². The zero-order valence-electron chi connectivity index (χ0n) is 18.3. The monoisotopic (exact) mass is 455 g/mol. The van der Waals surface area contributed by atoms with Crippen molar-refractivity contribution in [1.29, 1.82) is 0 Å². The molecule has 0 aliphatic carbocycles. The Hall–Kier alpha value is -2.09. The van der Waals surface area contributed by atoms with Gasteiger partial charge in [0.1, 0.15) is 0 Å². The molecule has 2 aromatic heterocycles. The molecular formula is C24H29N3O2S2. The summed E-state index contributed by atoms with van der Waals surface area (Å²) in [5, 5.41) is 6.17. The highest BCUT2D eigenvalue weighted by atomic mass is 32.2. The summed E-state index contributed by atoms with van der Waals surface area (Å²) >= 11 is 3.16. The molecule has 2 atom stereocenters. The van der Waals surface area contributed by atoms with Crippen molar-refractivity contribution in [2.75, 3.05) is 12.4 Å². The van der Waals surface area contributed by atoms with E-state index in [9.17, 15) is 4.79 Å². The smallest absolute Gasteiger partial charge is 0.231 e. The summed E-state index contributed by atoms with van der Waals surface area (Å²) in [4.78, 5) is 18.8. The van der Waals surface area contributed by atoms with E-state index in [-0.39, 0.29) is 18.1 Å². The Labute approximate surface area is 192 Å². The molecule has 3 heterocycles. The molecule has 0 radical (unpaired) electrons. The molecule has 0 spiro atoms. The van der Waals surface area contributed by atoms with E-state index in [1.807, 2.05) is 18.4 Å². The number of hydrogen-bond donors (Lipinski definition) is 1. The van der Waals surface area contributed by atoms with E-state index in [4.69, 9.17) is 9.72 Å². The lowest BCUT2D eigenvalue weighted by molar-refractivity contribution is -0.119. The number of hydrogen-bond acceptors (Lipinski definition) is 5. The summed E-state index contributed by atoms with van der Waals surface area (Å²) in [5.74, 6) is 0.334. The van der Waals surface area contributed by atoms with Gasteiger partial charge in [-0.25, -0.2) is 4.98 Å². The fourth-order valence-corrected chi connectivity index (χ4v) is 5.52. The highest BCUT2D eigenvalue weighted by Crippen LogP contribution is 2.28. The minimum atomic E-state index is -0.135. The summed E-state index contributed by atoms with van der Waals surface area (Å²) in [6.07, 6.45) is 2.44. The molecule has 31 heavy (non-hydrogen) atoms. The summed E-state index contributed by atoms with van der Waals surface area (Å²) in [5.41, 5.74) is 4.46. The Morgan fingerprint density at radius 2 is 2.10 bits per heavy atom. The third-order valence-electron chi connectivity index (χ3n) is 5.71. The number of thiophene rings is 1. The number of ether oxygens (including phenoxy) is 1. The second-order valence-electron chi connectivity index (χ2n) is 8.03. The highest BCUT2D eigenvalue weighted by Gasteiger charge is 2.22. The van der Waals surface area contributed by atoms with Gasteiger partial charge in [0, 0.05) is 17.2 Å². The first-order chi connectivity index (χ1) is 15.0. The van der Waals surface area contributed by atoms with Crippen LogP contribution in [0.5, 0.6) is 0 Å². The predicted molar refractivity (Wildman–Crippen MR) is 127 cm³/mol. The van der Waals surface area contributed by atoms with Crippen molar-refractivity contribution in [2.45, 2.75) is 57.5 Å². The van der Waals surface area contributed by atoms with Crippen LogP contribution in [0.15, 0.2) is 46.9 Å². The maximum absolute atomic E-state index is 12.9. The number of carbonyl (C=O) groups is 1. The Balaban J connectivity index is 1.44. The quantitative estimate of drug-likeness (QED) is 0.483. The number of nitrogens with one attached hydrogen (secondary N) is 1. The molecule has 1 aromatic carbocycles. The fourth-order valence-electron chi connectivity index (χ4n) is 3.81. The summed E-state index contributed by atoms with van der Waals surface area (Å²) in [6.45, 7) is 7.83. The van der Waals surface area contributed by atoms with E-state index >= 15 is 0 Å². The van der Waals surface area contributed by atoms with E-state index in [1.165, 1.54) is 17.3 Å². The van der Waals surface area contributed by atoms with Gasteiger partial charge in [0.25, 0.3) is 0 Å². The minimum absolute atomic E-state index is 0.00551. The number of rotatable bonds is 8. The molecule has 3 aromatic rings. The van der Waals surface area contributed by atoms with E-state index in [1.54, 1.807) is 11.3 Å². The average molecular weight is 456 g/mol. The summed E-state index contributed by atoms with van der Waals surface area (Å²) in [7, 11) is 0. The van der Waals surface area contributed by atoms with Crippen LogP contribution in [-0.4, -0.2) is 33.9 Å². The van der Waals surface area contributed by atoms with Crippen LogP contribution in [0.2, 0.25) is 0 Å². The van der Waals surface area contributed by atoms with Gasteiger partial charge in [-0.05, 0) is 50.6 Å². The van der Waals surface area contributed by atoms with E-state index in [0.717, 1.165) is 53.0 Å². The summed E-state index contributed by atoms with van der Waals surface area (Å²) < 4.78 is 8.03. The van der Waals surface area contributed by atoms with Crippen LogP contribution in [0.1, 0.15) is 46.3 Å². The third-order valence-corrected chi connectivity index (χ3v) is 7.62. The Bertz CT molecular complexity index is 1010. The largest absolute Gasteiger partial charge is 0.376 e. The molecule has 1 N–H and O–H groups in total. The molecule has 0 unspecified atom stereocenters. The second kappa shape index (κ2) is 10.0. The van der Waals surface area contributed by atoms with Crippen LogP contribution in [0.3, 0.4) is 0 Å². The van der Waals surface area contributed by atoms with Crippen molar-refractivity contribution in [3.63, 3.8) is 0 Å². The first kappa shape index (κ1) is 22.1. The summed E-state index contributed by atoms with van der Waals surface area (Å²) in [6, 6.07) is 12.3. The first-order valence-electron chi connectivity index (χ1n) is 10.7. The number of thioether (sulfide) groups is 1. The number of nitrogens with zero attached hydrogens (tertiary/aromatic N) is 2. The molecule has 1 saturated heterocycles. The fraction of sp³-hybridized carbons (Fsp3) is 0.417. The van der Waals surface area contributed by atoms with Crippen LogP contribution in [0.25, 0.3) is 0 Å². The minimum Gasteiger partial charge on any atom is -0.376 e. The second-order valence-corrected chi connectivity index (χ2v) is 9.95. The third kappa shape index (κ3) is 5.40. The lowest BCUT2D eigenvalue weighted by Crippen LogP contribution is -2.30. The normalized spacial score (nSPS) is 17.1. The molecule has 1 aliphatic rings. The molecule has 0 bridgehead atoms. The van der Waals surface area contributed by atoms with Gasteiger partial charge in [-0.1, -0.05) is 47.7 Å². The Morgan fingerprint density at radius 1 is 1.29 bits per heavy atom. The number of aromatic nitrogens is 2. The molecule has 5 nitrogen and oxygen atoms in total. The average Bonchev–Trinajstić information content (AvgIpc) is 3.51. The van der Waals surface area contributed by atoms with Gasteiger partial charge in [0.2, 0.25) is 5.91 Å². The SMILES string of the molecule is Cc1ccc([C@H](NC(=O)CSc2nc(C)c(C)n2C[C@@H]2CCCO2)c2cccs2)cc1. The molecular weight excluding hydrogens is 426 g/mol. The van der Waals surface area contributed by atoms with Gasteiger partial charge in [-0.15, -0.1) is 11.3 Å². The standard InChI is InChI=1S/C24H29N3O2S2/c1-16-8-10-19(11-9-16)23(21-7-5-13-30-21)26-22(28)15-31-24-25-17(2)18(3)27(24)14-20-6-4-12-29-20/h5,7-11,13,20,23H,4,6,12,14-15H2,1-3H3,(H,26,28)/t20-,23-/m0/s1. The van der Waals surface area contributed by atoms with Crippen molar-refractivity contribution in [2.24, 2.45) is 0 Å². The van der Waals surface area contributed by atoms with Crippen molar-refractivity contribution in [3.8, 4) is 0 Å². The van der Waals surface area contributed by atoms with Gasteiger partial charge < -0.3 is 14.6 Å². The zero-order chi connectivity index (χ0) is 21.8.